The first-order valence-corrected chi connectivity index (χ1v) is 8.43. The van der Waals surface area contributed by atoms with E-state index in [0.717, 1.165) is 23.1 Å². The van der Waals surface area contributed by atoms with Gasteiger partial charge in [0, 0.05) is 10.2 Å². The Hall–Kier alpha value is -0.520. The number of amides is 1. The lowest BCUT2D eigenvalue weighted by Crippen LogP contribution is -2.47. The lowest BCUT2D eigenvalue weighted by atomic mass is 10.0. The van der Waals surface area contributed by atoms with Crippen molar-refractivity contribution in [3.63, 3.8) is 0 Å². The van der Waals surface area contributed by atoms with E-state index in [1.165, 1.54) is 11.1 Å². The van der Waals surface area contributed by atoms with Crippen molar-refractivity contribution in [2.75, 3.05) is 11.5 Å². The van der Waals surface area contributed by atoms with Gasteiger partial charge in [-0.1, -0.05) is 28.1 Å². The molecule has 0 bridgehead atoms. The van der Waals surface area contributed by atoms with Crippen LogP contribution < -0.4 is 5.32 Å². The summed E-state index contributed by atoms with van der Waals surface area (Å²) < 4.78 is 1.11. The zero-order valence-corrected chi connectivity index (χ0v) is 12.9. The average Bonchev–Trinajstić information content (AvgIpc) is 2.99. The van der Waals surface area contributed by atoms with Gasteiger partial charge in [-0.05, 0) is 42.2 Å². The Bertz CT molecular complexity index is 514. The number of fused-ring (bicyclic) bond motifs is 1. The van der Waals surface area contributed by atoms with Gasteiger partial charge in [0.25, 0.3) is 5.91 Å². The van der Waals surface area contributed by atoms with Crippen molar-refractivity contribution in [1.82, 2.24) is 5.32 Å². The van der Waals surface area contributed by atoms with Crippen molar-refractivity contribution >= 4 is 33.6 Å². The molecule has 1 aromatic carbocycles. The standard InChI is InChI=1S/C14H16BrNO2S/c15-11-3-1-2-10-9(11)4-5-12(10)16-13(17)14(18)6-7-19-8-14/h1-3,12,18H,4-8H2,(H,16,17). The van der Waals surface area contributed by atoms with Crippen LogP contribution in [0.1, 0.15) is 30.0 Å². The molecule has 1 saturated heterocycles. The summed E-state index contributed by atoms with van der Waals surface area (Å²) in [6.45, 7) is 0. The van der Waals surface area contributed by atoms with Crippen LogP contribution in [-0.4, -0.2) is 28.1 Å². The van der Waals surface area contributed by atoms with Crippen molar-refractivity contribution < 1.29 is 9.90 Å². The summed E-state index contributed by atoms with van der Waals surface area (Å²) in [5, 5.41) is 13.3. The fourth-order valence-corrected chi connectivity index (χ4v) is 4.60. The van der Waals surface area contributed by atoms with E-state index in [9.17, 15) is 9.90 Å². The predicted octanol–water partition coefficient (Wildman–Crippen LogP) is 2.42. The Labute approximate surface area is 125 Å². The number of rotatable bonds is 2. The molecule has 0 saturated carbocycles. The summed E-state index contributed by atoms with van der Waals surface area (Å²) in [5.74, 6) is 1.16. The molecule has 3 nitrogen and oxygen atoms in total. The number of aliphatic hydroxyl groups is 1. The van der Waals surface area contributed by atoms with Crippen LogP contribution in [0.5, 0.6) is 0 Å². The van der Waals surface area contributed by atoms with Crippen LogP contribution in [0.25, 0.3) is 0 Å². The Morgan fingerprint density at radius 2 is 2.37 bits per heavy atom. The summed E-state index contributed by atoms with van der Waals surface area (Å²) in [5.41, 5.74) is 1.29. The summed E-state index contributed by atoms with van der Waals surface area (Å²) in [7, 11) is 0. The maximum atomic E-state index is 12.2. The molecule has 2 N–H and O–H groups in total. The van der Waals surface area contributed by atoms with Crippen LogP contribution >= 0.6 is 27.7 Å². The maximum absolute atomic E-state index is 12.2. The first-order chi connectivity index (χ1) is 9.10. The molecule has 3 rings (SSSR count). The molecule has 0 radical (unpaired) electrons. The molecule has 1 amide bonds. The van der Waals surface area contributed by atoms with Crippen LogP contribution in [0.15, 0.2) is 22.7 Å². The van der Waals surface area contributed by atoms with Crippen LogP contribution in [0.2, 0.25) is 0 Å². The molecule has 1 heterocycles. The number of thioether (sulfide) groups is 1. The molecule has 2 unspecified atom stereocenters. The van der Waals surface area contributed by atoms with Crippen LogP contribution in [0.4, 0.5) is 0 Å². The van der Waals surface area contributed by atoms with Crippen LogP contribution in [0.3, 0.4) is 0 Å². The van der Waals surface area contributed by atoms with Gasteiger partial charge in [0.1, 0.15) is 0 Å². The zero-order valence-electron chi connectivity index (χ0n) is 10.5. The van der Waals surface area contributed by atoms with Crippen molar-refractivity contribution in [3.05, 3.63) is 33.8 Å². The highest BCUT2D eigenvalue weighted by atomic mass is 79.9. The fraction of sp³-hybridized carbons (Fsp3) is 0.500. The van der Waals surface area contributed by atoms with Crippen molar-refractivity contribution in [2.45, 2.75) is 30.9 Å². The molecular formula is C14H16BrNO2S. The molecule has 0 spiro atoms. The summed E-state index contributed by atoms with van der Waals surface area (Å²) >= 11 is 5.19. The van der Waals surface area contributed by atoms with Gasteiger partial charge in [-0.25, -0.2) is 0 Å². The molecule has 1 aliphatic carbocycles. The molecule has 5 heteroatoms. The van der Waals surface area contributed by atoms with Crippen molar-refractivity contribution in [1.29, 1.82) is 0 Å². The Kier molecular flexibility index (Phi) is 3.62. The molecule has 1 aromatic rings. The van der Waals surface area contributed by atoms with E-state index in [2.05, 4.69) is 27.3 Å². The predicted molar refractivity (Wildman–Crippen MR) is 80.2 cm³/mol. The zero-order chi connectivity index (χ0) is 13.5. The van der Waals surface area contributed by atoms with E-state index in [-0.39, 0.29) is 11.9 Å². The fourth-order valence-electron chi connectivity index (χ4n) is 2.79. The van der Waals surface area contributed by atoms with Gasteiger partial charge in [-0.2, -0.15) is 11.8 Å². The normalized spacial score (nSPS) is 29.3. The van der Waals surface area contributed by atoms with E-state index < -0.39 is 5.60 Å². The van der Waals surface area contributed by atoms with Gasteiger partial charge in [0.15, 0.2) is 5.60 Å². The number of benzene rings is 1. The lowest BCUT2D eigenvalue weighted by molar-refractivity contribution is -0.138. The Balaban J connectivity index is 1.76. The van der Waals surface area contributed by atoms with Gasteiger partial charge in [-0.15, -0.1) is 0 Å². The quantitative estimate of drug-likeness (QED) is 0.868. The topological polar surface area (TPSA) is 49.3 Å². The smallest absolute Gasteiger partial charge is 0.253 e. The number of halogens is 1. The largest absolute Gasteiger partial charge is 0.379 e. The molecule has 2 aliphatic rings. The number of hydrogen-bond acceptors (Lipinski definition) is 3. The Morgan fingerprint density at radius 1 is 1.53 bits per heavy atom. The molecule has 102 valence electrons. The van der Waals surface area contributed by atoms with E-state index in [0.29, 0.717) is 12.2 Å². The maximum Gasteiger partial charge on any atom is 0.253 e. The monoisotopic (exact) mass is 341 g/mol. The number of carbonyl (C=O) groups is 1. The average molecular weight is 342 g/mol. The van der Waals surface area contributed by atoms with E-state index in [4.69, 9.17) is 0 Å². The SMILES string of the molecule is O=C(NC1CCc2c(Br)cccc21)C1(O)CCSC1. The Morgan fingerprint density at radius 3 is 3.11 bits per heavy atom. The third-order valence-electron chi connectivity index (χ3n) is 3.94. The van der Waals surface area contributed by atoms with E-state index >= 15 is 0 Å². The minimum Gasteiger partial charge on any atom is -0.379 e. The van der Waals surface area contributed by atoms with Crippen LogP contribution in [0, 0.1) is 0 Å². The summed E-state index contributed by atoms with van der Waals surface area (Å²) in [6, 6.07) is 6.12. The lowest BCUT2D eigenvalue weighted by Gasteiger charge is -2.23. The number of carbonyl (C=O) groups excluding carboxylic acids is 1. The van der Waals surface area contributed by atoms with Crippen LogP contribution in [-0.2, 0) is 11.2 Å². The highest BCUT2D eigenvalue weighted by molar-refractivity contribution is 9.10. The third-order valence-corrected chi connectivity index (χ3v) is 5.86. The molecule has 0 aromatic heterocycles. The first kappa shape index (κ1) is 13.5. The van der Waals surface area contributed by atoms with Gasteiger partial charge in [-0.3, -0.25) is 4.79 Å². The van der Waals surface area contributed by atoms with Gasteiger partial charge >= 0.3 is 0 Å². The number of nitrogens with one attached hydrogen (secondary N) is 1. The molecule has 1 aliphatic heterocycles. The second-order valence-electron chi connectivity index (χ2n) is 5.21. The summed E-state index contributed by atoms with van der Waals surface area (Å²) in [4.78, 5) is 12.2. The minimum absolute atomic E-state index is 0.0367. The van der Waals surface area contributed by atoms with E-state index in [1.54, 1.807) is 11.8 Å². The molecular weight excluding hydrogens is 326 g/mol. The highest BCUT2D eigenvalue weighted by Gasteiger charge is 2.41. The van der Waals surface area contributed by atoms with Gasteiger partial charge < -0.3 is 10.4 Å². The van der Waals surface area contributed by atoms with E-state index in [1.807, 2.05) is 12.1 Å². The second-order valence-corrected chi connectivity index (χ2v) is 7.17. The van der Waals surface area contributed by atoms with Crippen molar-refractivity contribution in [2.24, 2.45) is 0 Å². The van der Waals surface area contributed by atoms with Crippen molar-refractivity contribution in [3.8, 4) is 0 Å². The number of hydrogen-bond donors (Lipinski definition) is 2. The first-order valence-electron chi connectivity index (χ1n) is 6.48. The third kappa shape index (κ3) is 2.43. The molecule has 1 fully saturated rings. The molecule has 19 heavy (non-hydrogen) atoms. The second kappa shape index (κ2) is 5.11. The summed E-state index contributed by atoms with van der Waals surface area (Å²) in [6.07, 6.45) is 2.43. The molecule has 2 atom stereocenters. The van der Waals surface area contributed by atoms with Gasteiger partial charge in [0.05, 0.1) is 6.04 Å². The van der Waals surface area contributed by atoms with Gasteiger partial charge in [0.2, 0.25) is 0 Å². The minimum atomic E-state index is -1.17. The highest BCUT2D eigenvalue weighted by Crippen LogP contribution is 2.36.